The zero-order valence-electron chi connectivity index (χ0n) is 34.9. The van der Waals surface area contributed by atoms with Crippen molar-refractivity contribution in [3.05, 3.63) is 107 Å². The molecule has 2 aliphatic rings. The van der Waals surface area contributed by atoms with Crippen molar-refractivity contribution in [1.82, 2.24) is 50.5 Å². The molecule has 314 valence electrons. The van der Waals surface area contributed by atoms with Gasteiger partial charge in [0.2, 0.25) is 0 Å². The Balaban J connectivity index is 0.000000184. The van der Waals surface area contributed by atoms with Gasteiger partial charge in [0.1, 0.15) is 11.5 Å². The number of likely N-dealkylation sites (tertiary alicyclic amines) is 1. The average molecular weight is 821 g/mol. The van der Waals surface area contributed by atoms with E-state index in [0.717, 1.165) is 71.8 Å². The van der Waals surface area contributed by atoms with Gasteiger partial charge in [0.25, 0.3) is 11.6 Å². The van der Waals surface area contributed by atoms with Crippen LogP contribution < -0.4 is 25.4 Å². The van der Waals surface area contributed by atoms with E-state index in [1.807, 2.05) is 12.1 Å². The fourth-order valence-corrected chi connectivity index (χ4v) is 7.69. The Kier molecular flexibility index (Phi) is 14.5. The number of rotatable bonds is 14. The molecule has 16 nitrogen and oxygen atoms in total. The van der Waals surface area contributed by atoms with Crippen LogP contribution in [0.1, 0.15) is 49.7 Å². The summed E-state index contributed by atoms with van der Waals surface area (Å²) >= 11 is 0. The lowest BCUT2D eigenvalue weighted by Gasteiger charge is -2.28. The van der Waals surface area contributed by atoms with Crippen LogP contribution in [-0.4, -0.2) is 92.7 Å². The van der Waals surface area contributed by atoms with E-state index in [1.165, 1.54) is 87.5 Å². The molecule has 8 rings (SSSR count). The monoisotopic (exact) mass is 820 g/mol. The number of hydrogen-bond donors (Lipinski definition) is 5. The predicted molar refractivity (Wildman–Crippen MR) is 237 cm³/mol. The van der Waals surface area contributed by atoms with E-state index in [9.17, 15) is 0 Å². The molecule has 0 unspecified atom stereocenters. The summed E-state index contributed by atoms with van der Waals surface area (Å²) < 4.78 is 11.3. The molecular weight excluding hydrogens is 769 g/mol. The van der Waals surface area contributed by atoms with Crippen molar-refractivity contribution >= 4 is 34.9 Å². The number of aromatic nitrogens is 8. The Morgan fingerprint density at radius 1 is 0.639 bits per heavy atom. The fraction of sp³-hybridized carbons (Fsp3) is 0.378. The Bertz CT molecular complexity index is 2400. The molecule has 2 fully saturated rings. The maximum Gasteiger partial charge on any atom is 0.288 e. The molecule has 2 aromatic carbocycles. The van der Waals surface area contributed by atoms with Crippen LogP contribution in [0.25, 0.3) is 32.2 Å². The number of methoxy groups -OCH3 is 2. The molecule has 0 aliphatic carbocycles. The number of aryl methyl sites for hydroxylation is 2. The van der Waals surface area contributed by atoms with Crippen LogP contribution in [0.5, 0.6) is 11.5 Å². The SMILES string of the molecule is [C-]#[N+]c1cnc(Nc2cc(-c3ccc(CCC4CCN(C)CC4)cc3OC)[nH]n2)cn1.[C-]#[N+]c1cnc(Nc2cc(-c3ccc(CCC4CCNCC4)cc3OC)[nH]n2)cn1. The molecule has 0 saturated carbocycles. The van der Waals surface area contributed by atoms with Gasteiger partial charge >= 0.3 is 0 Å². The van der Waals surface area contributed by atoms with Gasteiger partial charge in [-0.1, -0.05) is 25.3 Å². The highest BCUT2D eigenvalue weighted by Crippen LogP contribution is 2.34. The number of benzene rings is 2. The van der Waals surface area contributed by atoms with Gasteiger partial charge in [-0.25, -0.2) is 9.97 Å². The number of anilines is 4. The molecule has 0 radical (unpaired) electrons. The Morgan fingerprint density at radius 3 is 1.54 bits per heavy atom. The third-order valence-corrected chi connectivity index (χ3v) is 11.3. The Hall–Kier alpha value is -6.88. The second-order valence-electron chi connectivity index (χ2n) is 15.4. The molecule has 16 heteroatoms. The summed E-state index contributed by atoms with van der Waals surface area (Å²) in [6.45, 7) is 18.6. The number of ether oxygens (including phenoxy) is 2. The summed E-state index contributed by atoms with van der Waals surface area (Å²) in [5.74, 6) is 6.09. The normalized spacial score (nSPS) is 14.6. The summed E-state index contributed by atoms with van der Waals surface area (Å²) in [5.41, 5.74) is 6.21. The van der Waals surface area contributed by atoms with Gasteiger partial charge in [0, 0.05) is 23.3 Å². The minimum Gasteiger partial charge on any atom is -0.496 e. The Labute approximate surface area is 356 Å². The first-order valence-electron chi connectivity index (χ1n) is 20.7. The molecule has 0 atom stereocenters. The van der Waals surface area contributed by atoms with Crippen molar-refractivity contribution in [3.63, 3.8) is 0 Å². The van der Waals surface area contributed by atoms with E-state index in [0.29, 0.717) is 23.3 Å². The van der Waals surface area contributed by atoms with E-state index in [1.54, 1.807) is 14.2 Å². The highest BCUT2D eigenvalue weighted by molar-refractivity contribution is 5.72. The average Bonchev–Trinajstić information content (AvgIpc) is 3.99. The minimum atomic E-state index is 0.258. The van der Waals surface area contributed by atoms with Gasteiger partial charge in [-0.3, -0.25) is 10.2 Å². The molecule has 2 saturated heterocycles. The van der Waals surface area contributed by atoms with E-state index in [4.69, 9.17) is 22.6 Å². The van der Waals surface area contributed by atoms with Gasteiger partial charge in [0.15, 0.2) is 35.7 Å². The van der Waals surface area contributed by atoms with Crippen LogP contribution >= 0.6 is 0 Å². The quantitative estimate of drug-likeness (QED) is 0.0664. The van der Waals surface area contributed by atoms with Crippen LogP contribution in [0, 0.1) is 25.0 Å². The molecule has 5 N–H and O–H groups in total. The maximum absolute atomic E-state index is 6.94. The number of nitrogens with zero attached hydrogens (tertiary/aromatic N) is 9. The first-order valence-corrected chi connectivity index (χ1v) is 20.7. The van der Waals surface area contributed by atoms with Crippen molar-refractivity contribution in [2.24, 2.45) is 11.8 Å². The number of nitrogens with one attached hydrogen (secondary N) is 5. The van der Waals surface area contributed by atoms with Crippen molar-refractivity contribution in [2.75, 3.05) is 58.1 Å². The number of H-pyrrole nitrogens is 2. The summed E-state index contributed by atoms with van der Waals surface area (Å²) in [6.07, 6.45) is 15.6. The lowest BCUT2D eigenvalue weighted by Crippen LogP contribution is -2.30. The van der Waals surface area contributed by atoms with Gasteiger partial charge in [-0.2, -0.15) is 10.2 Å². The maximum atomic E-state index is 6.94. The van der Waals surface area contributed by atoms with Crippen LogP contribution in [0.4, 0.5) is 34.9 Å². The van der Waals surface area contributed by atoms with Crippen molar-refractivity contribution < 1.29 is 9.47 Å². The highest BCUT2D eigenvalue weighted by atomic mass is 16.5. The zero-order chi connectivity index (χ0) is 42.4. The molecule has 4 aromatic heterocycles. The molecular formula is C45H52N14O2. The summed E-state index contributed by atoms with van der Waals surface area (Å²) in [7, 11) is 5.60. The lowest BCUT2D eigenvalue weighted by atomic mass is 9.90. The molecule has 2 aliphatic heterocycles. The largest absolute Gasteiger partial charge is 0.496 e. The topological polar surface area (TPSA) is 175 Å². The van der Waals surface area contributed by atoms with Gasteiger partial charge in [-0.15, -0.1) is 9.97 Å². The van der Waals surface area contributed by atoms with Gasteiger partial charge < -0.3 is 40.0 Å². The highest BCUT2D eigenvalue weighted by Gasteiger charge is 2.18. The third kappa shape index (κ3) is 11.7. The molecule has 0 spiro atoms. The van der Waals surface area contributed by atoms with E-state index in [2.05, 4.69) is 114 Å². The van der Waals surface area contributed by atoms with Crippen LogP contribution in [0.3, 0.4) is 0 Å². The molecule has 0 bridgehead atoms. The second-order valence-corrected chi connectivity index (χ2v) is 15.4. The third-order valence-electron chi connectivity index (χ3n) is 11.3. The Morgan fingerprint density at radius 2 is 1.11 bits per heavy atom. The first-order chi connectivity index (χ1) is 29.9. The van der Waals surface area contributed by atoms with E-state index >= 15 is 0 Å². The van der Waals surface area contributed by atoms with Gasteiger partial charge in [-0.05, 0) is 132 Å². The predicted octanol–water partition coefficient (Wildman–Crippen LogP) is 8.55. The summed E-state index contributed by atoms with van der Waals surface area (Å²) in [6, 6.07) is 16.6. The molecule has 61 heavy (non-hydrogen) atoms. The first kappa shape index (κ1) is 42.3. The van der Waals surface area contributed by atoms with Crippen molar-refractivity contribution in [1.29, 1.82) is 0 Å². The molecule has 6 aromatic rings. The smallest absolute Gasteiger partial charge is 0.288 e. The van der Waals surface area contributed by atoms with Crippen molar-refractivity contribution in [3.8, 4) is 34.0 Å². The van der Waals surface area contributed by atoms with Crippen LogP contribution in [0.2, 0.25) is 0 Å². The molecule has 6 heterocycles. The van der Waals surface area contributed by atoms with Gasteiger partial charge in [0.05, 0.1) is 38.0 Å². The van der Waals surface area contributed by atoms with E-state index < -0.39 is 0 Å². The summed E-state index contributed by atoms with van der Waals surface area (Å²) in [4.78, 5) is 25.2. The number of aromatic amines is 2. The molecule has 0 amide bonds. The standard InChI is InChI=1S/C23H27N7O.C22H25N7O/c1-24-22-14-26-23(15-25-22)27-21-13-19(28-29-21)18-7-6-17(12-20(18)31-3)5-4-16-8-10-30(2)11-9-16;1-23-21-13-26-22(14-25-21)27-20-12-18(28-29-20)17-6-5-16(11-19(17)30-2)4-3-15-7-9-24-10-8-15/h6-7,12-16H,4-5,8-11H2,2-3H3,(H2,26,27,28,29);5-6,11-15,24H,3-4,7-10H2,2H3,(H2,26,27,28,29). The number of hydrogen-bond acceptors (Lipinski definition) is 12. The fourth-order valence-electron chi connectivity index (χ4n) is 7.69. The number of piperidine rings is 2. The van der Waals surface area contributed by atoms with Crippen LogP contribution in [-0.2, 0) is 12.8 Å². The minimum absolute atomic E-state index is 0.258. The van der Waals surface area contributed by atoms with E-state index in [-0.39, 0.29) is 11.6 Å². The lowest BCUT2D eigenvalue weighted by molar-refractivity contribution is 0.212. The zero-order valence-corrected chi connectivity index (χ0v) is 34.9. The van der Waals surface area contributed by atoms with Crippen LogP contribution in [0.15, 0.2) is 73.3 Å². The summed E-state index contributed by atoms with van der Waals surface area (Å²) in [5, 5.41) is 24.3. The van der Waals surface area contributed by atoms with Crippen molar-refractivity contribution in [2.45, 2.75) is 51.4 Å². The second kappa shape index (κ2) is 20.9.